The van der Waals surface area contributed by atoms with Crippen LogP contribution in [0.3, 0.4) is 0 Å². The van der Waals surface area contributed by atoms with Crippen molar-refractivity contribution in [3.05, 3.63) is 28.8 Å². The van der Waals surface area contributed by atoms with Crippen LogP contribution in [0.25, 0.3) is 0 Å². The summed E-state index contributed by atoms with van der Waals surface area (Å²) in [5.74, 6) is -0.934. The average Bonchev–Trinajstić information content (AvgIpc) is 1.94. The minimum absolute atomic E-state index is 0.378. The van der Waals surface area contributed by atoms with E-state index in [1.54, 1.807) is 0 Å². The second kappa shape index (κ2) is 3.09. The van der Waals surface area contributed by atoms with Gasteiger partial charge in [-0.05, 0) is 6.07 Å². The van der Waals surface area contributed by atoms with Gasteiger partial charge in [-0.3, -0.25) is 0 Å². The van der Waals surface area contributed by atoms with E-state index in [0.29, 0.717) is 0 Å². The van der Waals surface area contributed by atoms with Gasteiger partial charge in [0.05, 0.1) is 5.02 Å². The molecular formula is C6H3ClF3N. The summed E-state index contributed by atoms with van der Waals surface area (Å²) in [5, 5.41) is -0.386. The van der Waals surface area contributed by atoms with E-state index in [1.165, 1.54) is 0 Å². The number of halogens is 4. The molecule has 0 amide bonds. The van der Waals surface area contributed by atoms with Crippen molar-refractivity contribution in [3.8, 4) is 0 Å². The van der Waals surface area contributed by atoms with E-state index in [4.69, 9.17) is 11.6 Å². The first-order valence-electron chi connectivity index (χ1n) is 2.70. The maximum absolute atomic E-state index is 12.3. The summed E-state index contributed by atoms with van der Waals surface area (Å²) in [5.41, 5.74) is -0.378. The predicted molar refractivity (Wildman–Crippen MR) is 34.2 cm³/mol. The lowest BCUT2D eigenvalue weighted by Crippen LogP contribution is -1.89. The van der Waals surface area contributed by atoms with Crippen LogP contribution in [-0.2, 0) is 0 Å². The van der Waals surface area contributed by atoms with Crippen molar-refractivity contribution >= 4 is 11.6 Å². The molecule has 60 valence electrons. The Morgan fingerprint density at radius 2 is 2.09 bits per heavy atom. The second-order valence-corrected chi connectivity index (χ2v) is 2.25. The number of rotatable bonds is 1. The fraction of sp³-hybridized carbons (Fsp3) is 0.167. The van der Waals surface area contributed by atoms with Crippen molar-refractivity contribution in [1.82, 2.24) is 4.98 Å². The molecule has 1 aromatic rings. The highest BCUT2D eigenvalue weighted by molar-refractivity contribution is 6.30. The van der Waals surface area contributed by atoms with Crippen LogP contribution >= 0.6 is 11.6 Å². The standard InChI is InChI=1S/C6H3ClF3N/c7-4-1-3(5(8)9)2-11-6(4)10/h1-2,5H. The molecule has 0 atom stereocenters. The predicted octanol–water partition coefficient (Wildman–Crippen LogP) is 2.81. The van der Waals surface area contributed by atoms with Crippen molar-refractivity contribution in [3.63, 3.8) is 0 Å². The molecule has 0 aliphatic rings. The van der Waals surface area contributed by atoms with Crippen molar-refractivity contribution in [1.29, 1.82) is 0 Å². The van der Waals surface area contributed by atoms with E-state index in [9.17, 15) is 13.2 Å². The minimum Gasteiger partial charge on any atom is -0.227 e. The number of nitrogens with zero attached hydrogens (tertiary/aromatic N) is 1. The van der Waals surface area contributed by atoms with Crippen molar-refractivity contribution in [2.24, 2.45) is 0 Å². The van der Waals surface area contributed by atoms with Crippen molar-refractivity contribution < 1.29 is 13.2 Å². The lowest BCUT2D eigenvalue weighted by molar-refractivity contribution is 0.151. The third kappa shape index (κ3) is 1.83. The van der Waals surface area contributed by atoms with Gasteiger partial charge in [0.15, 0.2) is 0 Å². The van der Waals surface area contributed by atoms with Crippen molar-refractivity contribution in [2.45, 2.75) is 6.43 Å². The SMILES string of the molecule is Fc1ncc(C(F)F)cc1Cl. The highest BCUT2D eigenvalue weighted by atomic mass is 35.5. The van der Waals surface area contributed by atoms with Crippen LogP contribution in [0.2, 0.25) is 5.02 Å². The lowest BCUT2D eigenvalue weighted by atomic mass is 10.3. The molecular weight excluding hydrogens is 179 g/mol. The summed E-state index contributed by atoms with van der Waals surface area (Å²) in [6.45, 7) is 0. The molecule has 5 heteroatoms. The van der Waals surface area contributed by atoms with Crippen LogP contribution in [0.1, 0.15) is 12.0 Å². The summed E-state index contributed by atoms with van der Waals surface area (Å²) < 4.78 is 36.0. The molecule has 0 aliphatic carbocycles. The van der Waals surface area contributed by atoms with Gasteiger partial charge in [-0.15, -0.1) is 0 Å². The lowest BCUT2D eigenvalue weighted by Gasteiger charge is -1.98. The molecule has 11 heavy (non-hydrogen) atoms. The summed E-state index contributed by atoms with van der Waals surface area (Å²) in [6, 6.07) is 0.856. The molecule has 0 aromatic carbocycles. The van der Waals surface area contributed by atoms with Gasteiger partial charge in [-0.25, -0.2) is 13.8 Å². The highest BCUT2D eigenvalue weighted by Crippen LogP contribution is 2.21. The molecule has 0 fully saturated rings. The van der Waals surface area contributed by atoms with Gasteiger partial charge in [0.1, 0.15) is 0 Å². The van der Waals surface area contributed by atoms with Crippen LogP contribution in [-0.4, -0.2) is 4.98 Å². The van der Waals surface area contributed by atoms with Crippen LogP contribution in [0.15, 0.2) is 12.3 Å². The Morgan fingerprint density at radius 1 is 1.45 bits per heavy atom. The average molecular weight is 182 g/mol. The molecule has 0 saturated heterocycles. The maximum atomic E-state index is 12.3. The monoisotopic (exact) mass is 181 g/mol. The molecule has 0 spiro atoms. The van der Waals surface area contributed by atoms with E-state index in [0.717, 1.165) is 12.3 Å². The van der Waals surface area contributed by atoms with Gasteiger partial charge < -0.3 is 0 Å². The smallest absolute Gasteiger partial charge is 0.227 e. The zero-order chi connectivity index (χ0) is 8.43. The van der Waals surface area contributed by atoms with Gasteiger partial charge in [0.2, 0.25) is 5.95 Å². The van der Waals surface area contributed by atoms with Gasteiger partial charge in [-0.1, -0.05) is 11.6 Å². The summed E-state index contributed by atoms with van der Waals surface area (Å²) in [7, 11) is 0. The first-order valence-corrected chi connectivity index (χ1v) is 3.08. The summed E-state index contributed by atoms with van der Waals surface area (Å²) >= 11 is 5.19. The molecule has 0 aliphatic heterocycles. The Balaban J connectivity index is 3.05. The van der Waals surface area contributed by atoms with E-state index < -0.39 is 12.4 Å². The van der Waals surface area contributed by atoms with E-state index in [-0.39, 0.29) is 10.6 Å². The van der Waals surface area contributed by atoms with Gasteiger partial charge in [-0.2, -0.15) is 4.39 Å². The number of alkyl halides is 2. The van der Waals surface area contributed by atoms with E-state index >= 15 is 0 Å². The molecule has 0 radical (unpaired) electrons. The first-order chi connectivity index (χ1) is 5.11. The van der Waals surface area contributed by atoms with Crippen LogP contribution < -0.4 is 0 Å². The topological polar surface area (TPSA) is 12.9 Å². The van der Waals surface area contributed by atoms with Gasteiger partial charge >= 0.3 is 0 Å². The molecule has 1 aromatic heterocycles. The maximum Gasteiger partial charge on any atom is 0.265 e. The Labute approximate surface area is 65.8 Å². The van der Waals surface area contributed by atoms with Gasteiger partial charge in [0, 0.05) is 11.8 Å². The Kier molecular flexibility index (Phi) is 2.34. The number of pyridine rings is 1. The highest BCUT2D eigenvalue weighted by Gasteiger charge is 2.09. The van der Waals surface area contributed by atoms with Crippen LogP contribution in [0.5, 0.6) is 0 Å². The third-order valence-electron chi connectivity index (χ3n) is 1.07. The molecule has 1 heterocycles. The fourth-order valence-electron chi connectivity index (χ4n) is 0.555. The van der Waals surface area contributed by atoms with Gasteiger partial charge in [0.25, 0.3) is 6.43 Å². The molecule has 1 nitrogen and oxygen atoms in total. The number of aromatic nitrogens is 1. The molecule has 0 saturated carbocycles. The Hall–Kier alpha value is -0.770. The zero-order valence-corrected chi connectivity index (χ0v) is 5.95. The Morgan fingerprint density at radius 3 is 2.55 bits per heavy atom. The zero-order valence-electron chi connectivity index (χ0n) is 5.19. The Bertz CT molecular complexity index is 264. The minimum atomic E-state index is -2.67. The van der Waals surface area contributed by atoms with Crippen LogP contribution in [0, 0.1) is 5.95 Å². The van der Waals surface area contributed by atoms with Crippen LogP contribution in [0.4, 0.5) is 13.2 Å². The third-order valence-corrected chi connectivity index (χ3v) is 1.33. The molecule has 0 bridgehead atoms. The second-order valence-electron chi connectivity index (χ2n) is 1.84. The fourth-order valence-corrected chi connectivity index (χ4v) is 0.730. The molecule has 1 rings (SSSR count). The molecule has 0 unspecified atom stereocenters. The van der Waals surface area contributed by atoms with Crippen molar-refractivity contribution in [2.75, 3.05) is 0 Å². The summed E-state index contributed by atoms with van der Waals surface area (Å²) in [4.78, 5) is 3.02. The van der Waals surface area contributed by atoms with E-state index in [1.807, 2.05) is 0 Å². The normalized spacial score (nSPS) is 10.6. The van der Waals surface area contributed by atoms with E-state index in [2.05, 4.69) is 4.98 Å². The molecule has 0 N–H and O–H groups in total. The largest absolute Gasteiger partial charge is 0.265 e. The quantitative estimate of drug-likeness (QED) is 0.607. The number of hydrogen-bond acceptors (Lipinski definition) is 1. The summed E-state index contributed by atoms with van der Waals surface area (Å²) in [6.07, 6.45) is -1.91. The number of hydrogen-bond donors (Lipinski definition) is 0. The first kappa shape index (κ1) is 8.33.